The SMILES string of the molecule is Cc1cccc([C@H](C)c2cn(C(=O)OCC(C)C)cn2)c1C. The molecule has 4 heteroatoms. The van der Waals surface area contributed by atoms with Gasteiger partial charge in [0.05, 0.1) is 12.3 Å². The van der Waals surface area contributed by atoms with Gasteiger partial charge in [0.25, 0.3) is 0 Å². The number of aryl methyl sites for hydroxylation is 1. The summed E-state index contributed by atoms with van der Waals surface area (Å²) >= 11 is 0. The Labute approximate surface area is 132 Å². The Morgan fingerprint density at radius 2 is 2.00 bits per heavy atom. The summed E-state index contributed by atoms with van der Waals surface area (Å²) < 4.78 is 6.63. The van der Waals surface area contributed by atoms with Crippen LogP contribution in [0.3, 0.4) is 0 Å². The normalized spacial score (nSPS) is 12.5. The zero-order valence-electron chi connectivity index (χ0n) is 14.0. The number of carbonyl (C=O) groups is 1. The predicted molar refractivity (Wildman–Crippen MR) is 87.2 cm³/mol. The molecule has 0 saturated carbocycles. The van der Waals surface area contributed by atoms with E-state index < -0.39 is 0 Å². The molecule has 0 fully saturated rings. The van der Waals surface area contributed by atoms with E-state index in [9.17, 15) is 4.79 Å². The number of aromatic nitrogens is 2. The summed E-state index contributed by atoms with van der Waals surface area (Å²) in [6, 6.07) is 6.28. The number of nitrogens with zero attached hydrogens (tertiary/aromatic N) is 2. The number of hydrogen-bond acceptors (Lipinski definition) is 3. The van der Waals surface area contributed by atoms with Crippen LogP contribution in [-0.2, 0) is 4.74 Å². The van der Waals surface area contributed by atoms with Crippen LogP contribution in [0.1, 0.15) is 49.1 Å². The third-order valence-electron chi connectivity index (χ3n) is 3.91. The molecule has 0 spiro atoms. The number of benzene rings is 1. The molecule has 2 rings (SSSR count). The fourth-order valence-corrected chi connectivity index (χ4v) is 2.38. The van der Waals surface area contributed by atoms with Gasteiger partial charge in [-0.2, -0.15) is 0 Å². The van der Waals surface area contributed by atoms with Gasteiger partial charge in [-0.05, 0) is 36.5 Å². The van der Waals surface area contributed by atoms with Crippen molar-refractivity contribution in [1.29, 1.82) is 0 Å². The predicted octanol–water partition coefficient (Wildman–Crippen LogP) is 4.29. The average molecular weight is 300 g/mol. The van der Waals surface area contributed by atoms with Gasteiger partial charge >= 0.3 is 6.09 Å². The number of ether oxygens (including phenoxy) is 1. The van der Waals surface area contributed by atoms with Gasteiger partial charge in [-0.15, -0.1) is 0 Å². The molecule has 118 valence electrons. The van der Waals surface area contributed by atoms with Crippen LogP contribution >= 0.6 is 0 Å². The van der Waals surface area contributed by atoms with E-state index in [4.69, 9.17) is 4.74 Å². The van der Waals surface area contributed by atoms with Crippen LogP contribution in [0.25, 0.3) is 0 Å². The summed E-state index contributed by atoms with van der Waals surface area (Å²) in [5.41, 5.74) is 4.64. The quantitative estimate of drug-likeness (QED) is 0.846. The molecular weight excluding hydrogens is 276 g/mol. The van der Waals surface area contributed by atoms with Crippen LogP contribution < -0.4 is 0 Å². The summed E-state index contributed by atoms with van der Waals surface area (Å²) in [5.74, 6) is 0.458. The lowest BCUT2D eigenvalue weighted by Gasteiger charge is -2.14. The smallest absolute Gasteiger partial charge is 0.419 e. The first kappa shape index (κ1) is 16.3. The molecule has 1 aromatic carbocycles. The molecule has 0 radical (unpaired) electrons. The molecule has 1 atom stereocenters. The van der Waals surface area contributed by atoms with E-state index >= 15 is 0 Å². The highest BCUT2D eigenvalue weighted by molar-refractivity contribution is 5.70. The van der Waals surface area contributed by atoms with Crippen molar-refractivity contribution in [3.63, 3.8) is 0 Å². The van der Waals surface area contributed by atoms with Gasteiger partial charge in [-0.1, -0.05) is 39.0 Å². The van der Waals surface area contributed by atoms with Crippen LogP contribution in [0.15, 0.2) is 30.7 Å². The van der Waals surface area contributed by atoms with Gasteiger partial charge in [0.15, 0.2) is 0 Å². The van der Waals surface area contributed by atoms with Crippen molar-refractivity contribution < 1.29 is 9.53 Å². The Hall–Kier alpha value is -2.10. The summed E-state index contributed by atoms with van der Waals surface area (Å²) in [5, 5.41) is 0. The topological polar surface area (TPSA) is 44.1 Å². The van der Waals surface area contributed by atoms with E-state index in [0.717, 1.165) is 5.69 Å². The van der Waals surface area contributed by atoms with Crippen molar-refractivity contribution in [2.45, 2.75) is 40.5 Å². The third-order valence-corrected chi connectivity index (χ3v) is 3.91. The Morgan fingerprint density at radius 3 is 2.68 bits per heavy atom. The fraction of sp³-hybridized carbons (Fsp3) is 0.444. The summed E-state index contributed by atoms with van der Waals surface area (Å²) in [6.07, 6.45) is 2.91. The standard InChI is InChI=1S/C18H24N2O2/c1-12(2)10-22-18(21)20-9-17(19-11-20)15(5)16-8-6-7-13(3)14(16)4/h6-9,11-12,15H,10H2,1-5H3/t15-/m0/s1. The lowest BCUT2D eigenvalue weighted by Crippen LogP contribution is -2.15. The summed E-state index contributed by atoms with van der Waals surface area (Å²) in [6.45, 7) is 10.8. The minimum Gasteiger partial charge on any atom is -0.449 e. The third kappa shape index (κ3) is 3.56. The van der Waals surface area contributed by atoms with Crippen molar-refractivity contribution in [3.8, 4) is 0 Å². The average Bonchev–Trinajstić information content (AvgIpc) is 2.97. The number of hydrogen-bond donors (Lipinski definition) is 0. The van der Waals surface area contributed by atoms with Crippen molar-refractivity contribution in [3.05, 3.63) is 53.1 Å². The van der Waals surface area contributed by atoms with Gasteiger partial charge in [0, 0.05) is 12.1 Å². The molecule has 0 aliphatic rings. The highest BCUT2D eigenvalue weighted by Gasteiger charge is 2.16. The minimum atomic E-state index is -0.374. The lowest BCUT2D eigenvalue weighted by molar-refractivity contribution is 0.134. The van der Waals surface area contributed by atoms with Gasteiger partial charge in [-0.25, -0.2) is 14.3 Å². The Balaban J connectivity index is 2.17. The molecule has 0 amide bonds. The van der Waals surface area contributed by atoms with E-state index in [1.165, 1.54) is 27.6 Å². The molecule has 0 N–H and O–H groups in total. The maximum atomic E-state index is 11.9. The molecule has 0 aliphatic carbocycles. The molecule has 22 heavy (non-hydrogen) atoms. The van der Waals surface area contributed by atoms with Crippen molar-refractivity contribution >= 4 is 6.09 Å². The molecule has 1 aromatic heterocycles. The monoisotopic (exact) mass is 300 g/mol. The van der Waals surface area contributed by atoms with Crippen molar-refractivity contribution in [2.75, 3.05) is 6.61 Å². The highest BCUT2D eigenvalue weighted by Crippen LogP contribution is 2.27. The van der Waals surface area contributed by atoms with Crippen LogP contribution in [0.4, 0.5) is 4.79 Å². The maximum absolute atomic E-state index is 11.9. The number of carbonyl (C=O) groups excluding carboxylic acids is 1. The Morgan fingerprint density at radius 1 is 1.27 bits per heavy atom. The second-order valence-corrected chi connectivity index (χ2v) is 6.19. The van der Waals surface area contributed by atoms with Crippen molar-refractivity contribution in [1.82, 2.24) is 9.55 Å². The Kier molecular flexibility index (Phi) is 5.01. The first-order valence-corrected chi connectivity index (χ1v) is 7.67. The zero-order chi connectivity index (χ0) is 16.3. The molecule has 1 heterocycles. The molecule has 2 aromatic rings. The molecule has 0 saturated heterocycles. The van der Waals surface area contributed by atoms with E-state index in [-0.39, 0.29) is 12.0 Å². The van der Waals surface area contributed by atoms with E-state index in [1.807, 2.05) is 13.8 Å². The molecule has 0 unspecified atom stereocenters. The van der Waals surface area contributed by atoms with E-state index in [2.05, 4.69) is 44.0 Å². The van der Waals surface area contributed by atoms with Crippen molar-refractivity contribution in [2.24, 2.45) is 5.92 Å². The fourth-order valence-electron chi connectivity index (χ4n) is 2.38. The molecule has 0 aliphatic heterocycles. The van der Waals surface area contributed by atoms with Crippen LogP contribution in [0.5, 0.6) is 0 Å². The van der Waals surface area contributed by atoms with Crippen LogP contribution in [0.2, 0.25) is 0 Å². The first-order valence-electron chi connectivity index (χ1n) is 7.67. The van der Waals surface area contributed by atoms with Gasteiger partial charge < -0.3 is 4.74 Å². The van der Waals surface area contributed by atoms with Gasteiger partial charge in [0.1, 0.15) is 6.33 Å². The maximum Gasteiger partial charge on any atom is 0.419 e. The zero-order valence-corrected chi connectivity index (χ0v) is 14.0. The number of rotatable bonds is 4. The van der Waals surface area contributed by atoms with Gasteiger partial charge in [0.2, 0.25) is 0 Å². The molecule has 4 nitrogen and oxygen atoms in total. The highest BCUT2D eigenvalue weighted by atomic mass is 16.5. The summed E-state index contributed by atoms with van der Waals surface area (Å²) in [4.78, 5) is 16.3. The number of imidazole rings is 1. The minimum absolute atomic E-state index is 0.138. The largest absolute Gasteiger partial charge is 0.449 e. The molecular formula is C18H24N2O2. The second-order valence-electron chi connectivity index (χ2n) is 6.19. The first-order chi connectivity index (χ1) is 10.4. The van der Waals surface area contributed by atoms with Crippen LogP contribution in [-0.4, -0.2) is 22.3 Å². The Bertz CT molecular complexity index is 659. The lowest BCUT2D eigenvalue weighted by atomic mass is 9.92. The van der Waals surface area contributed by atoms with E-state index in [1.54, 1.807) is 6.20 Å². The second kappa shape index (κ2) is 6.77. The molecule has 0 bridgehead atoms. The summed E-state index contributed by atoms with van der Waals surface area (Å²) in [7, 11) is 0. The van der Waals surface area contributed by atoms with Gasteiger partial charge in [-0.3, -0.25) is 0 Å². The van der Waals surface area contributed by atoms with Crippen LogP contribution in [0, 0.1) is 19.8 Å². The van der Waals surface area contributed by atoms with E-state index in [0.29, 0.717) is 12.5 Å².